The van der Waals surface area contributed by atoms with Crippen molar-refractivity contribution in [2.45, 2.75) is 45.2 Å². The Labute approximate surface area is 113 Å². The van der Waals surface area contributed by atoms with Gasteiger partial charge < -0.3 is 20.5 Å². The fourth-order valence-electron chi connectivity index (χ4n) is 2.41. The molecular weight excluding hydrogens is 248 g/mol. The Bertz CT molecular complexity index is 331. The van der Waals surface area contributed by atoms with Gasteiger partial charge in [0.05, 0.1) is 6.04 Å². The van der Waals surface area contributed by atoms with Crippen LogP contribution < -0.4 is 10.6 Å². The molecule has 1 aliphatic heterocycles. The zero-order valence-electron chi connectivity index (χ0n) is 11.9. The number of hydrogen-bond acceptors (Lipinski definition) is 4. The molecule has 1 aliphatic rings. The van der Waals surface area contributed by atoms with Crippen molar-refractivity contribution in [2.75, 3.05) is 20.3 Å². The second-order valence-corrected chi connectivity index (χ2v) is 5.66. The number of carboxylic acids is 1. The van der Waals surface area contributed by atoms with Crippen LogP contribution in [0.1, 0.15) is 33.1 Å². The highest BCUT2D eigenvalue weighted by Crippen LogP contribution is 2.30. The summed E-state index contributed by atoms with van der Waals surface area (Å²) in [6.07, 6.45) is 2.25. The van der Waals surface area contributed by atoms with Gasteiger partial charge in [-0.05, 0) is 24.8 Å². The predicted octanol–water partition coefficient (Wildman–Crippen LogP) is 0.371. The van der Waals surface area contributed by atoms with Crippen molar-refractivity contribution >= 4 is 11.9 Å². The summed E-state index contributed by atoms with van der Waals surface area (Å²) >= 11 is 0. The molecule has 1 amide bonds. The Hall–Kier alpha value is -1.14. The van der Waals surface area contributed by atoms with E-state index in [4.69, 9.17) is 9.84 Å². The van der Waals surface area contributed by atoms with Gasteiger partial charge in [0.25, 0.3) is 0 Å². The Balaban J connectivity index is 2.62. The predicted molar refractivity (Wildman–Crippen MR) is 70.9 cm³/mol. The van der Waals surface area contributed by atoms with Crippen LogP contribution in [0.15, 0.2) is 0 Å². The van der Waals surface area contributed by atoms with Crippen molar-refractivity contribution in [1.29, 1.82) is 0 Å². The molecule has 1 saturated heterocycles. The van der Waals surface area contributed by atoms with Crippen LogP contribution in [0.4, 0.5) is 0 Å². The number of amides is 1. The summed E-state index contributed by atoms with van der Waals surface area (Å²) in [7, 11) is 1.51. The van der Waals surface area contributed by atoms with Crippen LogP contribution in [0.25, 0.3) is 0 Å². The third-order valence-electron chi connectivity index (χ3n) is 3.62. The molecule has 3 N–H and O–H groups in total. The van der Waals surface area contributed by atoms with Gasteiger partial charge in [0.2, 0.25) is 5.91 Å². The number of hydrogen-bond donors (Lipinski definition) is 3. The average molecular weight is 272 g/mol. The summed E-state index contributed by atoms with van der Waals surface area (Å²) in [6, 6.07) is -1.24. The first-order valence-corrected chi connectivity index (χ1v) is 6.64. The summed E-state index contributed by atoms with van der Waals surface area (Å²) in [5.41, 5.74) is -0.160. The summed E-state index contributed by atoms with van der Waals surface area (Å²) < 4.78 is 4.86. The smallest absolute Gasteiger partial charge is 0.326 e. The third-order valence-corrected chi connectivity index (χ3v) is 3.62. The highest BCUT2D eigenvalue weighted by atomic mass is 16.5. The molecule has 2 unspecified atom stereocenters. The molecular formula is C13H24N2O4. The number of nitrogens with one attached hydrogen (secondary N) is 2. The number of methoxy groups -OCH3 is 1. The van der Waals surface area contributed by atoms with Crippen molar-refractivity contribution in [2.24, 2.45) is 5.41 Å². The van der Waals surface area contributed by atoms with Crippen LogP contribution >= 0.6 is 0 Å². The molecule has 2 atom stereocenters. The second-order valence-electron chi connectivity index (χ2n) is 5.66. The molecule has 0 aliphatic carbocycles. The highest BCUT2D eigenvalue weighted by molar-refractivity contribution is 5.87. The fraction of sp³-hybridized carbons (Fsp3) is 0.846. The minimum Gasteiger partial charge on any atom is -0.480 e. The molecule has 1 fully saturated rings. The van der Waals surface area contributed by atoms with Gasteiger partial charge in [-0.25, -0.2) is 4.79 Å². The maximum Gasteiger partial charge on any atom is 0.326 e. The molecule has 19 heavy (non-hydrogen) atoms. The number of rotatable bonds is 6. The van der Waals surface area contributed by atoms with Gasteiger partial charge >= 0.3 is 5.97 Å². The Morgan fingerprint density at radius 2 is 2.21 bits per heavy atom. The zero-order chi connectivity index (χ0) is 14.5. The van der Waals surface area contributed by atoms with Gasteiger partial charge in [0.1, 0.15) is 6.04 Å². The number of carboxylic acid groups (broad SMARTS) is 1. The maximum absolute atomic E-state index is 12.2. The average Bonchev–Trinajstić information content (AvgIpc) is 2.33. The normalized spacial score (nSPS) is 23.6. The van der Waals surface area contributed by atoms with E-state index in [1.54, 1.807) is 0 Å². The molecule has 6 nitrogen and oxygen atoms in total. The summed E-state index contributed by atoms with van der Waals surface area (Å²) in [5.74, 6) is -1.27. The standard InChI is InChI=1S/C13H24N2O4/c1-13(2)6-4-7-14-10(13)11(16)15-9(12(17)18)5-8-19-3/h9-10,14H,4-8H2,1-3H3,(H,15,16)(H,17,18). The molecule has 0 aromatic rings. The number of ether oxygens (including phenoxy) is 1. The van der Waals surface area contributed by atoms with E-state index in [0.29, 0.717) is 6.61 Å². The monoisotopic (exact) mass is 272 g/mol. The fourth-order valence-corrected chi connectivity index (χ4v) is 2.41. The number of aliphatic carboxylic acids is 1. The largest absolute Gasteiger partial charge is 0.480 e. The first kappa shape index (κ1) is 15.9. The van der Waals surface area contributed by atoms with Crippen LogP contribution in [0.3, 0.4) is 0 Å². The Morgan fingerprint density at radius 3 is 2.74 bits per heavy atom. The first-order chi connectivity index (χ1) is 8.88. The van der Waals surface area contributed by atoms with Gasteiger partial charge in [0, 0.05) is 20.1 Å². The second kappa shape index (κ2) is 6.86. The van der Waals surface area contributed by atoms with E-state index in [0.717, 1.165) is 19.4 Å². The van der Waals surface area contributed by atoms with Gasteiger partial charge in [-0.1, -0.05) is 13.8 Å². The lowest BCUT2D eigenvalue weighted by Crippen LogP contribution is -2.58. The lowest BCUT2D eigenvalue weighted by molar-refractivity contribution is -0.143. The van der Waals surface area contributed by atoms with Crippen LogP contribution in [0.5, 0.6) is 0 Å². The van der Waals surface area contributed by atoms with Crippen molar-refractivity contribution < 1.29 is 19.4 Å². The molecule has 0 bridgehead atoms. The number of carbonyl (C=O) groups is 2. The van der Waals surface area contributed by atoms with E-state index < -0.39 is 12.0 Å². The van der Waals surface area contributed by atoms with Crippen molar-refractivity contribution in [3.05, 3.63) is 0 Å². The van der Waals surface area contributed by atoms with E-state index in [1.807, 2.05) is 13.8 Å². The Kier molecular flexibility index (Phi) is 5.75. The molecule has 0 radical (unpaired) electrons. The molecule has 0 saturated carbocycles. The van der Waals surface area contributed by atoms with Gasteiger partial charge in [-0.2, -0.15) is 0 Å². The molecule has 110 valence electrons. The third kappa shape index (κ3) is 4.47. The van der Waals surface area contributed by atoms with Crippen LogP contribution in [0, 0.1) is 5.41 Å². The molecule has 1 rings (SSSR count). The van der Waals surface area contributed by atoms with E-state index in [-0.39, 0.29) is 23.8 Å². The van der Waals surface area contributed by atoms with E-state index >= 15 is 0 Å². The summed E-state index contributed by atoms with van der Waals surface area (Å²) in [6.45, 7) is 5.14. The quantitative estimate of drug-likeness (QED) is 0.650. The van der Waals surface area contributed by atoms with Crippen molar-refractivity contribution in [3.8, 4) is 0 Å². The minimum absolute atomic E-state index is 0.160. The van der Waals surface area contributed by atoms with E-state index in [9.17, 15) is 9.59 Å². The van der Waals surface area contributed by atoms with Crippen LogP contribution in [-0.4, -0.2) is 49.3 Å². The first-order valence-electron chi connectivity index (χ1n) is 6.64. The topological polar surface area (TPSA) is 87.7 Å². The summed E-state index contributed by atoms with van der Waals surface area (Å²) in [5, 5.41) is 14.9. The van der Waals surface area contributed by atoms with Crippen LogP contribution in [-0.2, 0) is 14.3 Å². The van der Waals surface area contributed by atoms with Crippen molar-refractivity contribution in [3.63, 3.8) is 0 Å². The molecule has 0 aromatic heterocycles. The number of piperidine rings is 1. The zero-order valence-corrected chi connectivity index (χ0v) is 11.9. The minimum atomic E-state index is -1.03. The lowest BCUT2D eigenvalue weighted by Gasteiger charge is -2.38. The van der Waals surface area contributed by atoms with Gasteiger partial charge in [-0.15, -0.1) is 0 Å². The van der Waals surface area contributed by atoms with Crippen LogP contribution in [0.2, 0.25) is 0 Å². The lowest BCUT2D eigenvalue weighted by atomic mass is 9.77. The summed E-state index contributed by atoms with van der Waals surface area (Å²) in [4.78, 5) is 23.3. The molecule has 0 spiro atoms. The molecule has 1 heterocycles. The van der Waals surface area contributed by atoms with Gasteiger partial charge in [0.15, 0.2) is 0 Å². The number of carbonyl (C=O) groups excluding carboxylic acids is 1. The highest BCUT2D eigenvalue weighted by Gasteiger charge is 2.38. The molecule has 6 heteroatoms. The van der Waals surface area contributed by atoms with Gasteiger partial charge in [-0.3, -0.25) is 4.79 Å². The molecule has 0 aromatic carbocycles. The Morgan fingerprint density at radius 1 is 1.53 bits per heavy atom. The van der Waals surface area contributed by atoms with E-state index in [2.05, 4.69) is 10.6 Å². The van der Waals surface area contributed by atoms with Crippen molar-refractivity contribution in [1.82, 2.24) is 10.6 Å². The maximum atomic E-state index is 12.2. The van der Waals surface area contributed by atoms with E-state index in [1.165, 1.54) is 7.11 Å². The SMILES string of the molecule is COCCC(NC(=O)C1NCCCC1(C)C)C(=O)O.